The predicted octanol–water partition coefficient (Wildman–Crippen LogP) is 10.3. The molecule has 2 nitrogen and oxygen atoms in total. The molecule has 1 aliphatic carbocycles. The second-order valence-corrected chi connectivity index (χ2v) is 10.8. The molecular weight excluding hydrogens is 496 g/mol. The number of rotatable bonds is 3. The maximum atomic E-state index is 5.32. The van der Waals surface area contributed by atoms with Gasteiger partial charge in [-0.15, -0.1) is 0 Å². The van der Waals surface area contributed by atoms with Crippen LogP contribution in [0.25, 0.3) is 83.0 Å². The fourth-order valence-electron chi connectivity index (χ4n) is 6.75. The molecule has 190 valence electrons. The van der Waals surface area contributed by atoms with Crippen LogP contribution in [-0.4, -0.2) is 9.55 Å². The Morgan fingerprint density at radius 3 is 2.00 bits per heavy atom. The number of hydrogen-bond acceptors (Lipinski definition) is 1. The summed E-state index contributed by atoms with van der Waals surface area (Å²) >= 11 is 0. The zero-order valence-corrected chi connectivity index (χ0v) is 22.3. The van der Waals surface area contributed by atoms with E-state index >= 15 is 0 Å². The third-order valence-corrected chi connectivity index (χ3v) is 8.53. The number of nitrogens with zero attached hydrogens (tertiary/aromatic N) is 2. The van der Waals surface area contributed by atoms with Crippen LogP contribution in [0.3, 0.4) is 0 Å². The van der Waals surface area contributed by atoms with E-state index in [-0.39, 0.29) is 0 Å². The smallest absolute Gasteiger partial charge is 0.0800 e. The molecule has 1 aliphatic rings. The summed E-state index contributed by atoms with van der Waals surface area (Å²) in [5.41, 5.74) is 13.0. The van der Waals surface area contributed by atoms with Crippen LogP contribution in [0.5, 0.6) is 0 Å². The Morgan fingerprint density at radius 2 is 1.12 bits per heavy atom. The lowest BCUT2D eigenvalue weighted by molar-refractivity contribution is 1.18. The first-order chi connectivity index (χ1) is 20.3. The molecule has 0 saturated carbocycles. The summed E-state index contributed by atoms with van der Waals surface area (Å²) in [5, 5.41) is 4.99. The van der Waals surface area contributed by atoms with E-state index in [1.54, 1.807) is 0 Å². The zero-order valence-electron chi connectivity index (χ0n) is 22.3. The molecule has 0 spiro atoms. The molecule has 0 N–H and O–H groups in total. The van der Waals surface area contributed by atoms with Crippen LogP contribution < -0.4 is 0 Å². The van der Waals surface area contributed by atoms with Crippen LogP contribution in [0.4, 0.5) is 0 Å². The van der Waals surface area contributed by atoms with Crippen molar-refractivity contribution in [3.05, 3.63) is 146 Å². The average molecular weight is 521 g/mol. The molecule has 2 heteroatoms. The van der Waals surface area contributed by atoms with Gasteiger partial charge in [0.2, 0.25) is 0 Å². The number of fused-ring (bicyclic) bond motifs is 6. The van der Waals surface area contributed by atoms with Gasteiger partial charge in [-0.3, -0.25) is 0 Å². The molecule has 8 aromatic rings. The highest BCUT2D eigenvalue weighted by molar-refractivity contribution is 6.15. The van der Waals surface area contributed by atoms with Gasteiger partial charge in [-0.05, 0) is 64.0 Å². The normalized spacial score (nSPS) is 11.9. The van der Waals surface area contributed by atoms with E-state index in [0.717, 1.165) is 17.0 Å². The van der Waals surface area contributed by atoms with Crippen molar-refractivity contribution >= 4 is 32.6 Å². The van der Waals surface area contributed by atoms with Gasteiger partial charge in [0.25, 0.3) is 0 Å². The maximum absolute atomic E-state index is 5.32. The van der Waals surface area contributed by atoms with Crippen LogP contribution in [-0.2, 0) is 0 Å². The summed E-state index contributed by atoms with van der Waals surface area (Å²) in [5.74, 6) is 0. The largest absolute Gasteiger partial charge is 0.309 e. The molecule has 6 aromatic carbocycles. The summed E-state index contributed by atoms with van der Waals surface area (Å²) in [7, 11) is 0. The van der Waals surface area contributed by atoms with Crippen LogP contribution in [0.15, 0.2) is 146 Å². The molecular formula is C39H24N2. The summed E-state index contributed by atoms with van der Waals surface area (Å²) in [6.07, 6.45) is 0. The van der Waals surface area contributed by atoms with Gasteiger partial charge in [-0.2, -0.15) is 0 Å². The quantitative estimate of drug-likeness (QED) is 0.227. The van der Waals surface area contributed by atoms with E-state index in [2.05, 4.69) is 150 Å². The van der Waals surface area contributed by atoms with Crippen molar-refractivity contribution in [1.29, 1.82) is 0 Å². The lowest BCUT2D eigenvalue weighted by Gasteiger charge is -2.13. The number of hydrogen-bond donors (Lipinski definition) is 0. The summed E-state index contributed by atoms with van der Waals surface area (Å²) < 4.78 is 2.36. The third kappa shape index (κ3) is 3.22. The Balaban J connectivity index is 1.27. The number of para-hydroxylation sites is 2. The lowest BCUT2D eigenvalue weighted by atomic mass is 9.95. The fraction of sp³-hybridized carbons (Fsp3) is 0. The Bertz CT molecular complexity index is 2310. The van der Waals surface area contributed by atoms with Crippen molar-refractivity contribution in [3.63, 3.8) is 0 Å². The van der Waals surface area contributed by atoms with Gasteiger partial charge in [0, 0.05) is 33.0 Å². The van der Waals surface area contributed by atoms with Gasteiger partial charge in [0.15, 0.2) is 0 Å². The van der Waals surface area contributed by atoms with E-state index in [1.807, 2.05) is 0 Å². The minimum absolute atomic E-state index is 1.00. The molecule has 41 heavy (non-hydrogen) atoms. The first-order valence-electron chi connectivity index (χ1n) is 14.1. The topological polar surface area (TPSA) is 17.8 Å². The van der Waals surface area contributed by atoms with E-state index in [1.165, 1.54) is 66.1 Å². The van der Waals surface area contributed by atoms with Crippen molar-refractivity contribution in [1.82, 2.24) is 9.55 Å². The molecule has 2 aromatic heterocycles. The van der Waals surface area contributed by atoms with Crippen molar-refractivity contribution in [2.45, 2.75) is 0 Å². The minimum Gasteiger partial charge on any atom is -0.309 e. The molecule has 0 amide bonds. The van der Waals surface area contributed by atoms with Crippen molar-refractivity contribution in [3.8, 4) is 50.5 Å². The Hall–Kier alpha value is -5.47. The summed E-state index contributed by atoms with van der Waals surface area (Å²) in [6, 6.07) is 52.4. The third-order valence-electron chi connectivity index (χ3n) is 8.53. The SMILES string of the molecule is c1ccc(-n2c3ccccc3c3cc(-c4ccccc4-c4cc5cccc6c5c(n4)-c4ccccc4-6)ccc32)cc1. The predicted molar refractivity (Wildman–Crippen MR) is 171 cm³/mol. The summed E-state index contributed by atoms with van der Waals surface area (Å²) in [6.45, 7) is 0. The van der Waals surface area contributed by atoms with Gasteiger partial charge >= 0.3 is 0 Å². The number of benzene rings is 6. The standard InChI is InChI=1S/C39H24N2/c1-2-12-27(13-3-1)41-36-20-9-8-17-31(36)34-23-25(21-22-37(34)41)28-14-4-6-16-30(28)35-24-26-11-10-19-32-29-15-5-7-18-33(29)39(40-35)38(26)32/h1-24H. The highest BCUT2D eigenvalue weighted by Crippen LogP contribution is 2.47. The van der Waals surface area contributed by atoms with Gasteiger partial charge in [-0.25, -0.2) is 4.98 Å². The Kier molecular flexibility index (Phi) is 4.64. The fourth-order valence-corrected chi connectivity index (χ4v) is 6.75. The number of pyridine rings is 1. The molecule has 0 bridgehead atoms. The lowest BCUT2D eigenvalue weighted by Crippen LogP contribution is -1.93. The second-order valence-electron chi connectivity index (χ2n) is 10.8. The highest BCUT2D eigenvalue weighted by Gasteiger charge is 2.23. The van der Waals surface area contributed by atoms with E-state index in [9.17, 15) is 0 Å². The van der Waals surface area contributed by atoms with Crippen LogP contribution >= 0.6 is 0 Å². The number of aromatic nitrogens is 2. The van der Waals surface area contributed by atoms with Gasteiger partial charge in [0.1, 0.15) is 0 Å². The van der Waals surface area contributed by atoms with Crippen LogP contribution in [0, 0.1) is 0 Å². The van der Waals surface area contributed by atoms with Gasteiger partial charge in [0.05, 0.1) is 22.4 Å². The molecule has 2 heterocycles. The van der Waals surface area contributed by atoms with Crippen LogP contribution in [0.1, 0.15) is 0 Å². The average Bonchev–Trinajstić information content (AvgIpc) is 3.55. The first-order valence-corrected chi connectivity index (χ1v) is 14.1. The van der Waals surface area contributed by atoms with Crippen molar-refractivity contribution < 1.29 is 0 Å². The molecule has 0 radical (unpaired) electrons. The maximum Gasteiger partial charge on any atom is 0.0800 e. The monoisotopic (exact) mass is 520 g/mol. The summed E-state index contributed by atoms with van der Waals surface area (Å²) in [4.78, 5) is 5.32. The minimum atomic E-state index is 1.00. The Morgan fingerprint density at radius 1 is 0.439 bits per heavy atom. The molecule has 0 unspecified atom stereocenters. The molecule has 9 rings (SSSR count). The molecule has 0 atom stereocenters. The molecule has 0 fully saturated rings. The highest BCUT2D eigenvalue weighted by atomic mass is 15.0. The Labute approximate surface area is 237 Å². The van der Waals surface area contributed by atoms with Crippen LogP contribution in [0.2, 0.25) is 0 Å². The molecule has 0 saturated heterocycles. The molecule has 0 aliphatic heterocycles. The van der Waals surface area contributed by atoms with Gasteiger partial charge < -0.3 is 4.57 Å². The van der Waals surface area contributed by atoms with E-state index in [0.29, 0.717) is 0 Å². The first kappa shape index (κ1) is 22.4. The van der Waals surface area contributed by atoms with Crippen molar-refractivity contribution in [2.24, 2.45) is 0 Å². The van der Waals surface area contributed by atoms with Gasteiger partial charge in [-0.1, -0.05) is 109 Å². The van der Waals surface area contributed by atoms with Crippen molar-refractivity contribution in [2.75, 3.05) is 0 Å². The van der Waals surface area contributed by atoms with E-state index < -0.39 is 0 Å². The van der Waals surface area contributed by atoms with E-state index in [4.69, 9.17) is 4.98 Å². The zero-order chi connectivity index (χ0) is 26.9. The second kappa shape index (κ2) is 8.51.